The first kappa shape index (κ1) is 12.6. The third-order valence-electron chi connectivity index (χ3n) is 3.04. The summed E-state index contributed by atoms with van der Waals surface area (Å²) in [5, 5.41) is 1.35. The molecule has 1 heterocycles. The molecule has 0 unspecified atom stereocenters. The van der Waals surface area contributed by atoms with E-state index < -0.39 is 0 Å². The van der Waals surface area contributed by atoms with Gasteiger partial charge < -0.3 is 10.5 Å². The Morgan fingerprint density at radius 1 is 1.41 bits per heavy atom. The van der Waals surface area contributed by atoms with E-state index in [1.165, 1.54) is 19.3 Å². The van der Waals surface area contributed by atoms with Gasteiger partial charge in [0.2, 0.25) is 0 Å². The molecule has 0 bridgehead atoms. The van der Waals surface area contributed by atoms with Gasteiger partial charge in [0.05, 0.1) is 6.10 Å². The Morgan fingerprint density at radius 3 is 2.94 bits per heavy atom. The van der Waals surface area contributed by atoms with Crippen molar-refractivity contribution in [3.05, 3.63) is 11.8 Å². The Labute approximate surface area is 106 Å². The lowest BCUT2D eigenvalue weighted by Crippen LogP contribution is -2.23. The molecule has 5 heteroatoms. The van der Waals surface area contributed by atoms with Crippen LogP contribution in [0.1, 0.15) is 31.4 Å². The van der Waals surface area contributed by atoms with Gasteiger partial charge in [-0.3, -0.25) is 0 Å². The second-order valence-corrected chi connectivity index (χ2v) is 5.75. The van der Waals surface area contributed by atoms with E-state index in [1.807, 2.05) is 6.92 Å². The number of nitrogen functional groups attached to an aromatic ring is 1. The normalized spacial score (nSPS) is 24.8. The van der Waals surface area contributed by atoms with Crippen molar-refractivity contribution < 1.29 is 4.74 Å². The minimum Gasteiger partial charge on any atom is -0.384 e. The summed E-state index contributed by atoms with van der Waals surface area (Å²) in [5.74, 6) is 0.555. The summed E-state index contributed by atoms with van der Waals surface area (Å²) in [6.45, 7) is 1.95. The smallest absolute Gasteiger partial charge is 0.189 e. The van der Waals surface area contributed by atoms with Crippen molar-refractivity contribution in [1.82, 2.24) is 9.97 Å². The van der Waals surface area contributed by atoms with Crippen LogP contribution in [-0.2, 0) is 4.74 Å². The number of anilines is 1. The lowest BCUT2D eigenvalue weighted by atomic mass is 9.97. The second kappa shape index (κ2) is 5.69. The van der Waals surface area contributed by atoms with E-state index >= 15 is 0 Å². The number of thioether (sulfide) groups is 1. The summed E-state index contributed by atoms with van der Waals surface area (Å²) in [6.07, 6.45) is 5.07. The molecule has 17 heavy (non-hydrogen) atoms. The zero-order chi connectivity index (χ0) is 12.3. The van der Waals surface area contributed by atoms with E-state index in [-0.39, 0.29) is 0 Å². The van der Waals surface area contributed by atoms with Crippen molar-refractivity contribution >= 4 is 17.6 Å². The highest BCUT2D eigenvalue weighted by molar-refractivity contribution is 7.99. The quantitative estimate of drug-likeness (QED) is 0.838. The molecule has 0 aliphatic heterocycles. The summed E-state index contributed by atoms with van der Waals surface area (Å²) in [4.78, 5) is 8.68. The number of hydrogen-bond acceptors (Lipinski definition) is 5. The second-order valence-electron chi connectivity index (χ2n) is 4.48. The van der Waals surface area contributed by atoms with E-state index in [4.69, 9.17) is 10.5 Å². The summed E-state index contributed by atoms with van der Waals surface area (Å²) in [5.41, 5.74) is 6.66. The maximum absolute atomic E-state index is 5.73. The first-order valence-corrected chi connectivity index (χ1v) is 6.86. The van der Waals surface area contributed by atoms with Crippen molar-refractivity contribution in [2.45, 2.75) is 49.1 Å². The molecule has 0 spiro atoms. The van der Waals surface area contributed by atoms with Crippen molar-refractivity contribution in [3.63, 3.8) is 0 Å². The van der Waals surface area contributed by atoms with Crippen LogP contribution in [0.25, 0.3) is 0 Å². The van der Waals surface area contributed by atoms with Gasteiger partial charge in [0.15, 0.2) is 5.16 Å². The zero-order valence-electron chi connectivity index (χ0n) is 10.3. The number of ether oxygens (including phenoxy) is 1. The fraction of sp³-hybridized carbons (Fsp3) is 0.667. The van der Waals surface area contributed by atoms with Crippen LogP contribution >= 0.6 is 11.8 Å². The molecule has 2 atom stereocenters. The van der Waals surface area contributed by atoms with Gasteiger partial charge in [-0.25, -0.2) is 9.97 Å². The molecule has 1 aliphatic carbocycles. The Hall–Kier alpha value is -0.810. The first-order valence-electron chi connectivity index (χ1n) is 5.98. The average Bonchev–Trinajstić information content (AvgIpc) is 2.28. The average molecular weight is 253 g/mol. The minimum absolute atomic E-state index is 0.392. The third-order valence-corrected chi connectivity index (χ3v) is 4.19. The fourth-order valence-corrected chi connectivity index (χ4v) is 3.44. The van der Waals surface area contributed by atoms with Gasteiger partial charge in [-0.2, -0.15) is 0 Å². The molecular formula is C12H19N3OS. The number of nitrogens with zero attached hydrogens (tertiary/aromatic N) is 2. The molecule has 0 amide bonds. The van der Waals surface area contributed by atoms with Crippen molar-refractivity contribution in [2.24, 2.45) is 0 Å². The van der Waals surface area contributed by atoms with E-state index in [0.717, 1.165) is 17.3 Å². The van der Waals surface area contributed by atoms with Crippen LogP contribution in [0.4, 0.5) is 5.82 Å². The van der Waals surface area contributed by atoms with E-state index in [0.29, 0.717) is 17.2 Å². The molecule has 1 aromatic rings. The molecule has 2 rings (SSSR count). The van der Waals surface area contributed by atoms with Crippen LogP contribution in [0.15, 0.2) is 11.2 Å². The molecule has 2 N–H and O–H groups in total. The highest BCUT2D eigenvalue weighted by Gasteiger charge is 2.23. The number of methoxy groups -OCH3 is 1. The highest BCUT2D eigenvalue weighted by Crippen LogP contribution is 2.33. The fourth-order valence-electron chi connectivity index (χ4n) is 2.19. The standard InChI is InChI=1S/C12H19N3OS/c1-8-6-11(13)15-12(14-8)17-10-5-3-4-9(7-10)16-2/h6,9-10H,3-5,7H2,1-2H3,(H2,13,14,15)/t9-,10-/m0/s1. The van der Waals surface area contributed by atoms with E-state index in [9.17, 15) is 0 Å². The molecule has 1 saturated carbocycles. The van der Waals surface area contributed by atoms with Gasteiger partial charge in [0.1, 0.15) is 5.82 Å². The van der Waals surface area contributed by atoms with Crippen LogP contribution in [0, 0.1) is 6.92 Å². The third kappa shape index (κ3) is 3.57. The summed E-state index contributed by atoms with van der Waals surface area (Å²) >= 11 is 1.73. The summed E-state index contributed by atoms with van der Waals surface area (Å²) in [6, 6.07) is 1.79. The molecule has 94 valence electrons. The Morgan fingerprint density at radius 2 is 2.24 bits per heavy atom. The predicted octanol–water partition coefficient (Wildman–Crippen LogP) is 2.42. The van der Waals surface area contributed by atoms with Gasteiger partial charge in [-0.05, 0) is 32.6 Å². The molecule has 1 aromatic heterocycles. The van der Waals surface area contributed by atoms with Crippen molar-refractivity contribution in [1.29, 1.82) is 0 Å². The Kier molecular flexibility index (Phi) is 4.23. The maximum Gasteiger partial charge on any atom is 0.189 e. The number of aryl methyl sites for hydroxylation is 1. The van der Waals surface area contributed by atoms with Crippen LogP contribution in [0.2, 0.25) is 0 Å². The predicted molar refractivity (Wildman–Crippen MR) is 70.1 cm³/mol. The molecule has 1 fully saturated rings. The highest BCUT2D eigenvalue weighted by atomic mass is 32.2. The minimum atomic E-state index is 0.392. The van der Waals surface area contributed by atoms with Crippen LogP contribution in [0.3, 0.4) is 0 Å². The molecular weight excluding hydrogens is 234 g/mol. The van der Waals surface area contributed by atoms with Gasteiger partial charge in [-0.15, -0.1) is 0 Å². The van der Waals surface area contributed by atoms with Crippen LogP contribution in [0.5, 0.6) is 0 Å². The van der Waals surface area contributed by atoms with Gasteiger partial charge >= 0.3 is 0 Å². The van der Waals surface area contributed by atoms with Crippen LogP contribution < -0.4 is 5.73 Å². The molecule has 0 saturated heterocycles. The molecule has 0 radical (unpaired) electrons. The number of aromatic nitrogens is 2. The number of rotatable bonds is 3. The summed E-state index contributed by atoms with van der Waals surface area (Å²) in [7, 11) is 1.79. The molecule has 0 aromatic carbocycles. The van der Waals surface area contributed by atoms with Crippen molar-refractivity contribution in [3.8, 4) is 0 Å². The largest absolute Gasteiger partial charge is 0.384 e. The first-order chi connectivity index (χ1) is 8.17. The number of nitrogens with two attached hydrogens (primary N) is 1. The SMILES string of the molecule is CO[C@H]1CCC[C@H](Sc2nc(C)cc(N)n2)C1. The lowest BCUT2D eigenvalue weighted by Gasteiger charge is -2.27. The van der Waals surface area contributed by atoms with Gasteiger partial charge in [0, 0.05) is 24.1 Å². The Bertz CT molecular complexity index is 366. The lowest BCUT2D eigenvalue weighted by molar-refractivity contribution is 0.0730. The monoisotopic (exact) mass is 253 g/mol. The topological polar surface area (TPSA) is 61.0 Å². The number of hydrogen-bond donors (Lipinski definition) is 1. The summed E-state index contributed by atoms with van der Waals surface area (Å²) < 4.78 is 5.43. The molecule has 4 nitrogen and oxygen atoms in total. The van der Waals surface area contributed by atoms with Crippen molar-refractivity contribution in [2.75, 3.05) is 12.8 Å². The van der Waals surface area contributed by atoms with E-state index in [2.05, 4.69) is 9.97 Å². The Balaban J connectivity index is 2.00. The molecule has 1 aliphatic rings. The zero-order valence-corrected chi connectivity index (χ0v) is 11.2. The van der Waals surface area contributed by atoms with Gasteiger partial charge in [-0.1, -0.05) is 11.8 Å². The van der Waals surface area contributed by atoms with E-state index in [1.54, 1.807) is 24.9 Å². The van der Waals surface area contributed by atoms with Gasteiger partial charge in [0.25, 0.3) is 0 Å². The van der Waals surface area contributed by atoms with Crippen LogP contribution in [-0.4, -0.2) is 28.4 Å². The maximum atomic E-state index is 5.73.